The molecule has 0 aromatic heterocycles. The standard InChI is InChI=1S/C17H25NO2/c1-5-6-7-18-9-14-10-20-17-13(4)11(2)8-12(3)15(17)16(14)19/h8,14,18H,5-7,9-10H2,1-4H3/t14-/m0/s1. The Kier molecular flexibility index (Phi) is 4.81. The van der Waals surface area contributed by atoms with Gasteiger partial charge in [-0.25, -0.2) is 0 Å². The van der Waals surface area contributed by atoms with Crippen LogP contribution in [0.1, 0.15) is 46.8 Å². The maximum Gasteiger partial charge on any atom is 0.174 e. The smallest absolute Gasteiger partial charge is 0.174 e. The summed E-state index contributed by atoms with van der Waals surface area (Å²) in [4.78, 5) is 12.6. The first-order valence-corrected chi connectivity index (χ1v) is 7.54. The Morgan fingerprint density at radius 3 is 2.75 bits per heavy atom. The highest BCUT2D eigenvalue weighted by molar-refractivity contribution is 6.03. The van der Waals surface area contributed by atoms with Crippen LogP contribution in [-0.4, -0.2) is 25.5 Å². The van der Waals surface area contributed by atoms with Crippen LogP contribution in [0.25, 0.3) is 0 Å². The molecule has 1 heterocycles. The summed E-state index contributed by atoms with van der Waals surface area (Å²) in [5, 5.41) is 3.36. The molecule has 0 fully saturated rings. The number of benzene rings is 1. The van der Waals surface area contributed by atoms with Crippen LogP contribution in [0.15, 0.2) is 6.07 Å². The SMILES string of the molecule is CCCCNC[C@H]1COc2c(C)c(C)cc(C)c2C1=O. The number of fused-ring (bicyclic) bond motifs is 1. The molecule has 0 aliphatic carbocycles. The van der Waals surface area contributed by atoms with Crippen molar-refractivity contribution < 1.29 is 9.53 Å². The summed E-state index contributed by atoms with van der Waals surface area (Å²) >= 11 is 0. The predicted octanol–water partition coefficient (Wildman–Crippen LogP) is 3.19. The highest BCUT2D eigenvalue weighted by atomic mass is 16.5. The summed E-state index contributed by atoms with van der Waals surface area (Å²) in [7, 11) is 0. The lowest BCUT2D eigenvalue weighted by Gasteiger charge is -2.27. The monoisotopic (exact) mass is 275 g/mol. The zero-order chi connectivity index (χ0) is 14.7. The van der Waals surface area contributed by atoms with Crippen LogP contribution in [-0.2, 0) is 0 Å². The minimum atomic E-state index is -0.0554. The molecule has 1 aliphatic rings. The Labute approximate surface area is 121 Å². The number of carbonyl (C=O) groups excluding carboxylic acids is 1. The molecule has 0 unspecified atom stereocenters. The van der Waals surface area contributed by atoms with Gasteiger partial charge in [-0.2, -0.15) is 0 Å². The van der Waals surface area contributed by atoms with Crippen LogP contribution in [0, 0.1) is 26.7 Å². The third-order valence-electron chi connectivity index (χ3n) is 4.13. The van der Waals surface area contributed by atoms with Gasteiger partial charge in [-0.15, -0.1) is 0 Å². The van der Waals surface area contributed by atoms with E-state index in [1.807, 2.05) is 13.8 Å². The number of nitrogens with one attached hydrogen (secondary N) is 1. The topological polar surface area (TPSA) is 38.3 Å². The number of carbonyl (C=O) groups is 1. The van der Waals surface area contributed by atoms with Gasteiger partial charge in [-0.3, -0.25) is 4.79 Å². The Morgan fingerprint density at radius 2 is 2.05 bits per heavy atom. The van der Waals surface area contributed by atoms with Crippen molar-refractivity contribution in [1.29, 1.82) is 0 Å². The van der Waals surface area contributed by atoms with Gasteiger partial charge in [0.1, 0.15) is 5.75 Å². The molecule has 1 N–H and O–H groups in total. The first-order chi connectivity index (χ1) is 9.56. The highest BCUT2D eigenvalue weighted by Gasteiger charge is 2.31. The van der Waals surface area contributed by atoms with Gasteiger partial charge in [-0.05, 0) is 50.4 Å². The van der Waals surface area contributed by atoms with Crippen molar-refractivity contribution in [2.75, 3.05) is 19.7 Å². The maximum absolute atomic E-state index is 12.6. The van der Waals surface area contributed by atoms with Gasteiger partial charge in [-0.1, -0.05) is 19.4 Å². The van der Waals surface area contributed by atoms with Crippen LogP contribution in [0.4, 0.5) is 0 Å². The normalized spacial score (nSPS) is 17.8. The van der Waals surface area contributed by atoms with Crippen molar-refractivity contribution in [2.45, 2.75) is 40.5 Å². The first-order valence-electron chi connectivity index (χ1n) is 7.54. The molecule has 1 atom stereocenters. The summed E-state index contributed by atoms with van der Waals surface area (Å²) in [6, 6.07) is 2.09. The molecular formula is C17H25NO2. The Bertz CT molecular complexity index is 508. The number of rotatable bonds is 5. The zero-order valence-electron chi connectivity index (χ0n) is 13.0. The van der Waals surface area contributed by atoms with Gasteiger partial charge >= 0.3 is 0 Å². The number of unbranched alkanes of at least 4 members (excludes halogenated alkanes) is 1. The maximum atomic E-state index is 12.6. The summed E-state index contributed by atoms with van der Waals surface area (Å²) in [5.41, 5.74) is 4.11. The molecule has 0 radical (unpaired) electrons. The average molecular weight is 275 g/mol. The molecule has 0 spiro atoms. The molecule has 0 bridgehead atoms. The molecule has 3 nitrogen and oxygen atoms in total. The van der Waals surface area contributed by atoms with Gasteiger partial charge < -0.3 is 10.1 Å². The summed E-state index contributed by atoms with van der Waals surface area (Å²) in [6.45, 7) is 10.4. The molecule has 20 heavy (non-hydrogen) atoms. The van der Waals surface area contributed by atoms with E-state index >= 15 is 0 Å². The molecule has 110 valence electrons. The molecule has 3 heteroatoms. The molecule has 2 rings (SSSR count). The van der Waals surface area contributed by atoms with Crippen LogP contribution in [0.3, 0.4) is 0 Å². The van der Waals surface area contributed by atoms with Gasteiger partial charge in [0.2, 0.25) is 0 Å². The number of ketones is 1. The van der Waals surface area contributed by atoms with Crippen molar-refractivity contribution in [3.8, 4) is 5.75 Å². The van der Waals surface area contributed by atoms with Crippen LogP contribution < -0.4 is 10.1 Å². The summed E-state index contributed by atoms with van der Waals surface area (Å²) in [5.74, 6) is 0.980. The largest absolute Gasteiger partial charge is 0.492 e. The van der Waals surface area contributed by atoms with Gasteiger partial charge in [0.25, 0.3) is 0 Å². The first kappa shape index (κ1) is 15.0. The van der Waals surface area contributed by atoms with E-state index in [0.717, 1.165) is 35.4 Å². The number of aryl methyl sites for hydroxylation is 2. The number of hydrogen-bond acceptors (Lipinski definition) is 3. The lowest BCUT2D eigenvalue weighted by atomic mass is 9.88. The Morgan fingerprint density at radius 1 is 1.30 bits per heavy atom. The predicted molar refractivity (Wildman–Crippen MR) is 81.7 cm³/mol. The van der Waals surface area contributed by atoms with Crippen LogP contribution in [0.2, 0.25) is 0 Å². The molecular weight excluding hydrogens is 250 g/mol. The lowest BCUT2D eigenvalue weighted by Crippen LogP contribution is -2.37. The third-order valence-corrected chi connectivity index (χ3v) is 4.13. The second-order valence-corrected chi connectivity index (χ2v) is 5.77. The number of hydrogen-bond donors (Lipinski definition) is 1. The van der Waals surface area contributed by atoms with E-state index in [4.69, 9.17) is 4.74 Å². The van der Waals surface area contributed by atoms with E-state index in [0.29, 0.717) is 13.2 Å². The van der Waals surface area contributed by atoms with Gasteiger partial charge in [0, 0.05) is 6.54 Å². The highest BCUT2D eigenvalue weighted by Crippen LogP contribution is 2.34. The van der Waals surface area contributed by atoms with E-state index in [1.165, 1.54) is 12.0 Å². The van der Waals surface area contributed by atoms with Crippen molar-refractivity contribution in [3.63, 3.8) is 0 Å². The molecule has 1 aromatic carbocycles. The molecule has 1 aromatic rings. The zero-order valence-corrected chi connectivity index (χ0v) is 13.0. The number of ether oxygens (including phenoxy) is 1. The van der Waals surface area contributed by atoms with Crippen LogP contribution in [0.5, 0.6) is 5.75 Å². The van der Waals surface area contributed by atoms with E-state index in [1.54, 1.807) is 0 Å². The summed E-state index contributed by atoms with van der Waals surface area (Å²) < 4.78 is 5.90. The second-order valence-electron chi connectivity index (χ2n) is 5.77. The van der Waals surface area contributed by atoms with Crippen molar-refractivity contribution >= 4 is 5.78 Å². The fourth-order valence-corrected chi connectivity index (χ4v) is 2.73. The van der Waals surface area contributed by atoms with Crippen molar-refractivity contribution in [3.05, 3.63) is 28.3 Å². The Hall–Kier alpha value is -1.35. The minimum absolute atomic E-state index is 0.0554. The van der Waals surface area contributed by atoms with Crippen LogP contribution >= 0.6 is 0 Å². The van der Waals surface area contributed by atoms with Gasteiger partial charge in [0.05, 0.1) is 18.1 Å². The second kappa shape index (κ2) is 6.40. The lowest BCUT2D eigenvalue weighted by molar-refractivity contribution is 0.0827. The van der Waals surface area contributed by atoms with Gasteiger partial charge in [0.15, 0.2) is 5.78 Å². The molecule has 0 saturated heterocycles. The minimum Gasteiger partial charge on any atom is -0.492 e. The van der Waals surface area contributed by atoms with E-state index in [2.05, 4.69) is 25.2 Å². The Balaban J connectivity index is 2.15. The fourth-order valence-electron chi connectivity index (χ4n) is 2.73. The summed E-state index contributed by atoms with van der Waals surface area (Å²) in [6.07, 6.45) is 2.32. The van der Waals surface area contributed by atoms with E-state index in [-0.39, 0.29) is 11.7 Å². The number of Topliss-reactive ketones (excluding diaryl/α,β-unsaturated/α-hetero) is 1. The van der Waals surface area contributed by atoms with E-state index in [9.17, 15) is 4.79 Å². The van der Waals surface area contributed by atoms with E-state index < -0.39 is 0 Å². The molecule has 0 amide bonds. The third kappa shape index (κ3) is 2.88. The molecule has 1 aliphatic heterocycles. The van der Waals surface area contributed by atoms with Crippen molar-refractivity contribution in [1.82, 2.24) is 5.32 Å². The average Bonchev–Trinajstić information content (AvgIpc) is 2.42. The molecule has 0 saturated carbocycles. The van der Waals surface area contributed by atoms with Crippen molar-refractivity contribution in [2.24, 2.45) is 5.92 Å². The quantitative estimate of drug-likeness (QED) is 0.839. The fraction of sp³-hybridized carbons (Fsp3) is 0.588.